The van der Waals surface area contributed by atoms with Crippen LogP contribution in [-0.4, -0.2) is 256 Å². The molecule has 36 heteroatoms. The molecular formula is C84H105N19O16Tb+3. The van der Waals surface area contributed by atoms with Crippen molar-refractivity contribution in [3.05, 3.63) is 195 Å². The quantitative estimate of drug-likeness (QED) is 0.0488. The number of nitrogens with two attached hydrogens (primary N) is 1. The van der Waals surface area contributed by atoms with Crippen LogP contribution >= 0.6 is 0 Å². The summed E-state index contributed by atoms with van der Waals surface area (Å²) in [6, 6.07) is 28.1. The average Bonchev–Trinajstić information content (AvgIpc) is 0.830. The minimum Gasteiger partial charge on any atom is -0.506 e. The van der Waals surface area contributed by atoms with Gasteiger partial charge in [-0.1, -0.05) is 61.4 Å². The van der Waals surface area contributed by atoms with E-state index in [1.165, 1.54) is 85.2 Å². The molecule has 11 rings (SSSR count). The number of hydrogen-bond donors (Lipinski definition) is 16. The molecular weight excluding hydrogens is 1690 g/mol. The van der Waals surface area contributed by atoms with Crippen LogP contribution in [0.4, 0.5) is 5.82 Å². The van der Waals surface area contributed by atoms with Crippen molar-refractivity contribution in [2.45, 2.75) is 96.5 Å². The number of phenols is 4. The maximum absolute atomic E-state index is 14.7. The number of carbonyl (C=O) groups excluding carboxylic acids is 11. The van der Waals surface area contributed by atoms with E-state index in [1.807, 2.05) is 43.9 Å². The van der Waals surface area contributed by atoms with Gasteiger partial charge in [-0.2, -0.15) is 4.98 Å². The standard InChI is InChI=1S/C84H105N19O16.Tb/c1-54-51-102-42-36-91-78(113)62-15-8-13-60(71(62)106)76(111)87-32-38-100(40-34-89-80(115)64-17-10-19-66(73(64)108)82(117)97-54)44-45-101-39-33-88-77(112)61-14-9-16-63(72(61)107)79(114)92-37-43-103(47-46-102)52-59(98-83(118)67-20-11-18-65(74(67)109)81(116)90-35-41-101)12-6-7-30-86-69(104)21-4-2-3-5-22-70(105)95-50-58-28-27-57(49-94-58)75(110)96-48-55-23-25-56(26-24-55)53-119-84-93-31-29-68(85)99-84;/h8-11,13-20,23-29,31,49,54,59,106-109H,2-7,12,21-22,30,32-48,50-53H2,1H3,(H,86,104)(H,87,111)(H,88,112)(H,89,115)(H,90,116)(H,91,113)(H,92,114)(H,95,105)(H,96,110)(H,97,117)(H,98,118)(H2,85,93,99);/q;+3. The van der Waals surface area contributed by atoms with E-state index in [0.29, 0.717) is 62.0 Å². The largest absolute Gasteiger partial charge is 3.00 e. The van der Waals surface area contributed by atoms with Crippen LogP contribution in [0.1, 0.15) is 175 Å². The van der Waals surface area contributed by atoms with Crippen molar-refractivity contribution >= 4 is 70.8 Å². The number of para-hydroxylation sites is 4. The SMILES string of the molecule is CC1CN2CCNC(=O)c3cccc(c3O)C(=O)NCCN(CCNC(=O)c3cccc(c3O)C(=O)N1)CCN1CCNC(=O)c3cccc(c3O)C(=O)NCCN(CC2)CC(CCCCNC(=O)CCCCCCC(=O)NCc2ccc(C(=O)NCc3ccc(COc4nccc(N)n4)cc3)cn2)NC(=O)c2cccc(c2O)C(=O)NCC1.[Tb+3]. The number of benzene rings is 5. The third kappa shape index (κ3) is 28.3. The smallest absolute Gasteiger partial charge is 0.506 e. The molecule has 120 heavy (non-hydrogen) atoms. The first-order valence-electron chi connectivity index (χ1n) is 40.1. The van der Waals surface area contributed by atoms with Crippen molar-refractivity contribution in [1.82, 2.24) is 93.0 Å². The van der Waals surface area contributed by atoms with Crippen LogP contribution in [0.5, 0.6) is 29.0 Å². The summed E-state index contributed by atoms with van der Waals surface area (Å²) in [5, 5.41) is 78.4. The number of unbranched alkanes of at least 4 members (excludes halogenated alkanes) is 4. The van der Waals surface area contributed by atoms with Gasteiger partial charge in [-0.15, -0.1) is 0 Å². The van der Waals surface area contributed by atoms with Gasteiger partial charge in [-0.05, 0) is 117 Å². The predicted octanol–water partition coefficient (Wildman–Crippen LogP) is 2.67. The van der Waals surface area contributed by atoms with Crippen molar-refractivity contribution in [2.75, 3.05) is 130 Å². The van der Waals surface area contributed by atoms with Crippen LogP contribution in [0, 0.1) is 38.6 Å². The number of nitrogens with one attached hydrogen (secondary N) is 11. The number of hydrogen-bond acceptors (Lipinski definition) is 24. The number of anilines is 1. The maximum atomic E-state index is 14.7. The molecule has 638 valence electrons. The first-order valence-corrected chi connectivity index (χ1v) is 40.1. The van der Waals surface area contributed by atoms with Gasteiger partial charge >= 0.3 is 44.6 Å². The molecule has 0 fully saturated rings. The maximum Gasteiger partial charge on any atom is 3.00 e. The monoisotopic (exact) mass is 1790 g/mol. The Balaban J connectivity index is 0.0000164. The van der Waals surface area contributed by atoms with Crippen LogP contribution in [0.15, 0.2) is 128 Å². The predicted molar refractivity (Wildman–Crippen MR) is 439 cm³/mol. The fourth-order valence-electron chi connectivity index (χ4n) is 13.8. The van der Waals surface area contributed by atoms with Gasteiger partial charge in [0.2, 0.25) is 11.8 Å². The molecule has 17 N–H and O–H groups in total. The first-order chi connectivity index (χ1) is 57.5. The number of amides is 11. The van der Waals surface area contributed by atoms with Gasteiger partial charge in [-0.3, -0.25) is 77.3 Å². The van der Waals surface area contributed by atoms with Crippen LogP contribution in [0.25, 0.3) is 0 Å². The van der Waals surface area contributed by atoms with Crippen molar-refractivity contribution in [1.29, 1.82) is 0 Å². The van der Waals surface area contributed by atoms with Gasteiger partial charge in [-0.25, -0.2) is 4.98 Å². The number of ether oxygens (including phenoxy) is 1. The topological polar surface area (TPSA) is 488 Å². The summed E-state index contributed by atoms with van der Waals surface area (Å²) in [6.45, 7) is 4.23. The summed E-state index contributed by atoms with van der Waals surface area (Å²) < 4.78 is 5.60. The minimum atomic E-state index is -0.736. The van der Waals surface area contributed by atoms with Crippen LogP contribution < -0.4 is 69.0 Å². The van der Waals surface area contributed by atoms with E-state index in [2.05, 4.69) is 73.4 Å². The van der Waals surface area contributed by atoms with E-state index in [1.54, 1.807) is 25.1 Å². The number of aromatic hydroxyl groups is 4. The van der Waals surface area contributed by atoms with E-state index in [9.17, 15) is 73.2 Å². The van der Waals surface area contributed by atoms with Crippen molar-refractivity contribution in [2.24, 2.45) is 0 Å². The summed E-state index contributed by atoms with van der Waals surface area (Å²) in [7, 11) is 0. The molecule has 0 spiro atoms. The second kappa shape index (κ2) is 47.3. The summed E-state index contributed by atoms with van der Waals surface area (Å²) in [5.74, 6) is -8.15. The first kappa shape index (κ1) is 92.3. The molecule has 0 saturated heterocycles. The van der Waals surface area contributed by atoms with Crippen LogP contribution in [0.3, 0.4) is 0 Å². The van der Waals surface area contributed by atoms with Gasteiger partial charge in [0.15, 0.2) is 0 Å². The third-order valence-electron chi connectivity index (χ3n) is 20.5. The Morgan fingerprint density at radius 3 is 1.29 bits per heavy atom. The number of nitrogen functional groups attached to an aromatic ring is 1. The van der Waals surface area contributed by atoms with E-state index in [0.717, 1.165) is 11.1 Å². The van der Waals surface area contributed by atoms with E-state index in [-0.39, 0.29) is 264 Å². The zero-order valence-corrected chi connectivity index (χ0v) is 69.1. The third-order valence-corrected chi connectivity index (χ3v) is 20.5. The molecule has 12 bridgehead atoms. The molecule has 5 aromatic carbocycles. The minimum absolute atomic E-state index is 0. The normalized spacial score (nSPS) is 19.1. The number of rotatable bonds is 20. The van der Waals surface area contributed by atoms with Crippen molar-refractivity contribution in [3.63, 3.8) is 0 Å². The number of nitrogens with zero attached hydrogens (tertiary/aromatic N) is 7. The summed E-state index contributed by atoms with van der Waals surface area (Å²) in [4.78, 5) is 172. The second-order valence-electron chi connectivity index (χ2n) is 29.3. The molecule has 35 nitrogen and oxygen atoms in total. The Morgan fingerprint density at radius 2 is 0.850 bits per heavy atom. The molecule has 2 aromatic heterocycles. The Labute approximate surface area is 725 Å². The molecule has 6 atom stereocenters. The fourth-order valence-corrected chi connectivity index (χ4v) is 13.8. The van der Waals surface area contributed by atoms with Gasteiger partial charge < -0.3 is 89.4 Å². The number of carbonyl (C=O) groups is 11. The molecule has 6 heterocycles. The molecule has 0 aliphatic carbocycles. The Morgan fingerprint density at radius 1 is 0.442 bits per heavy atom. The zero-order valence-electron chi connectivity index (χ0n) is 66.9. The second-order valence-corrected chi connectivity index (χ2v) is 29.3. The van der Waals surface area contributed by atoms with E-state index in [4.69, 9.17) is 10.5 Å². The number of pyridine rings is 1. The molecule has 4 aliphatic heterocycles. The van der Waals surface area contributed by atoms with Gasteiger partial charge in [0, 0.05) is 168 Å². The summed E-state index contributed by atoms with van der Waals surface area (Å²) in [5.41, 5.74) is 6.95. The Kier molecular flexibility index (Phi) is 36.4. The number of aromatic nitrogens is 3. The van der Waals surface area contributed by atoms with Crippen LogP contribution in [-0.2, 0) is 29.3 Å². The fraction of sp³-hybridized carbons (Fsp3) is 0.405. The molecule has 4 aliphatic rings. The average molecular weight is 1800 g/mol. The molecule has 7 aromatic rings. The van der Waals surface area contributed by atoms with Gasteiger partial charge in [0.25, 0.3) is 53.2 Å². The zero-order chi connectivity index (χ0) is 84.6. The molecule has 11 amide bonds. The Hall–Kier alpha value is -11.6. The molecule has 0 radical (unpaired) electrons. The van der Waals surface area contributed by atoms with Gasteiger partial charge in [0.05, 0.1) is 62.3 Å². The number of phenolic OH excluding ortho intramolecular Hbond substituents is 4. The summed E-state index contributed by atoms with van der Waals surface area (Å²) in [6.07, 6.45) is 7.23. The van der Waals surface area contributed by atoms with Crippen molar-refractivity contribution < 1.29 is 117 Å². The van der Waals surface area contributed by atoms with E-state index >= 15 is 0 Å². The van der Waals surface area contributed by atoms with E-state index < -0.39 is 82.3 Å². The van der Waals surface area contributed by atoms with Gasteiger partial charge in [0.1, 0.15) is 35.4 Å². The summed E-state index contributed by atoms with van der Waals surface area (Å²) >= 11 is 0. The molecule has 6 unspecified atom stereocenters. The number of fused-ring (bicyclic) bond motifs is 16. The molecule has 0 saturated carbocycles. The Bertz CT molecular complexity index is 4720. The van der Waals surface area contributed by atoms with Crippen LogP contribution in [0.2, 0.25) is 0 Å². The van der Waals surface area contributed by atoms with Crippen molar-refractivity contribution in [3.8, 4) is 29.0 Å².